The Balaban J connectivity index is 2.27. The number of nitrogens with one attached hydrogen (secondary N) is 2. The van der Waals surface area contributed by atoms with Gasteiger partial charge in [-0.1, -0.05) is 6.07 Å². The van der Waals surface area contributed by atoms with Crippen molar-refractivity contribution >= 4 is 33.7 Å². The number of rotatable bonds is 5. The molecule has 1 aliphatic heterocycles. The second-order valence-corrected chi connectivity index (χ2v) is 7.24. The second kappa shape index (κ2) is 8.24. The van der Waals surface area contributed by atoms with E-state index >= 15 is 0 Å². The van der Waals surface area contributed by atoms with Crippen LogP contribution in [-0.2, 0) is 26.1 Å². The van der Waals surface area contributed by atoms with E-state index in [1.54, 1.807) is 14.0 Å². The lowest BCUT2D eigenvalue weighted by Crippen LogP contribution is -2.30. The number of nitrogens with zero attached hydrogens (tertiary/aromatic N) is 1. The molecular weight excluding hydrogens is 449 g/mol. The predicted molar refractivity (Wildman–Crippen MR) is 106 cm³/mol. The third kappa shape index (κ3) is 3.98. The largest absolute Gasteiger partial charge is 0.463 e. The van der Waals surface area contributed by atoms with Gasteiger partial charge in [0.1, 0.15) is 18.2 Å². The van der Waals surface area contributed by atoms with Crippen LogP contribution in [0.3, 0.4) is 0 Å². The number of halogens is 2. The van der Waals surface area contributed by atoms with Crippen molar-refractivity contribution in [2.75, 3.05) is 18.5 Å². The van der Waals surface area contributed by atoms with Gasteiger partial charge in [0.15, 0.2) is 0 Å². The maximum Gasteiger partial charge on any atom is 0.336 e. The minimum absolute atomic E-state index is 0.112. The van der Waals surface area contributed by atoms with Crippen molar-refractivity contribution in [3.05, 3.63) is 61.2 Å². The van der Waals surface area contributed by atoms with E-state index in [1.807, 2.05) is 0 Å². The summed E-state index contributed by atoms with van der Waals surface area (Å²) in [6.07, 6.45) is 0. The molecule has 154 valence electrons. The maximum absolute atomic E-state index is 13.8. The zero-order chi connectivity index (χ0) is 21.3. The highest BCUT2D eigenvalue weighted by atomic mass is 79.9. The van der Waals surface area contributed by atoms with Crippen molar-refractivity contribution in [1.29, 1.82) is 0 Å². The summed E-state index contributed by atoms with van der Waals surface area (Å²) < 4.78 is 25.8. The number of hydrogen-bond donors (Lipinski definition) is 2. The van der Waals surface area contributed by atoms with Crippen molar-refractivity contribution in [1.82, 2.24) is 9.78 Å². The van der Waals surface area contributed by atoms with Crippen LogP contribution >= 0.6 is 15.9 Å². The summed E-state index contributed by atoms with van der Waals surface area (Å²) >= 11 is 3.15. The molecule has 2 aromatic rings. The molecule has 0 saturated heterocycles. The van der Waals surface area contributed by atoms with Crippen LogP contribution in [0.1, 0.15) is 30.9 Å². The number of benzene rings is 1. The molecule has 3 rings (SSSR count). The van der Waals surface area contributed by atoms with Gasteiger partial charge in [-0.05, 0) is 40.5 Å². The van der Waals surface area contributed by atoms with Crippen LogP contribution in [-0.4, -0.2) is 34.9 Å². The van der Waals surface area contributed by atoms with Gasteiger partial charge in [-0.3, -0.25) is 19.4 Å². The van der Waals surface area contributed by atoms with Crippen LogP contribution in [0.4, 0.5) is 10.2 Å². The molecule has 0 fully saturated rings. The molecule has 1 unspecified atom stereocenters. The number of fused-ring (bicyclic) bond motifs is 1. The van der Waals surface area contributed by atoms with Crippen molar-refractivity contribution in [2.45, 2.75) is 19.8 Å². The molecule has 2 heterocycles. The summed E-state index contributed by atoms with van der Waals surface area (Å²) in [7, 11) is 1.63. The molecule has 1 atom stereocenters. The molecule has 29 heavy (non-hydrogen) atoms. The quantitative estimate of drug-likeness (QED) is 0.655. The molecule has 0 radical (unpaired) electrons. The Morgan fingerprint density at radius 2 is 2.03 bits per heavy atom. The zero-order valence-electron chi connectivity index (χ0n) is 16.0. The van der Waals surface area contributed by atoms with E-state index in [0.29, 0.717) is 11.4 Å². The topological polar surface area (TPSA) is 102 Å². The Hall–Kier alpha value is -2.88. The molecule has 0 bridgehead atoms. The zero-order valence-corrected chi connectivity index (χ0v) is 17.6. The Morgan fingerprint density at radius 3 is 2.66 bits per heavy atom. The number of esters is 2. The fourth-order valence-electron chi connectivity index (χ4n) is 3.27. The van der Waals surface area contributed by atoms with Gasteiger partial charge in [-0.2, -0.15) is 0 Å². The molecule has 0 saturated carbocycles. The Labute approximate surface area is 173 Å². The number of ether oxygens (including phenoxy) is 2. The van der Waals surface area contributed by atoms with E-state index in [2.05, 4.69) is 26.3 Å². The van der Waals surface area contributed by atoms with Crippen molar-refractivity contribution in [3.63, 3.8) is 0 Å². The standard InChI is InChI=1S/C19H19BrFN3O5/c1-4-28-19(27)15-13(8-29-9(2)25)22-17-16(18(26)23-24(17)3)14(15)10-5-6-12(21)11(20)7-10/h5-7,14,22H,4,8H2,1-3H3,(H,23,26). The van der Waals surface area contributed by atoms with Crippen molar-refractivity contribution in [2.24, 2.45) is 7.05 Å². The van der Waals surface area contributed by atoms with E-state index in [4.69, 9.17) is 9.47 Å². The highest BCUT2D eigenvalue weighted by Gasteiger charge is 2.38. The van der Waals surface area contributed by atoms with Crippen molar-refractivity contribution in [3.8, 4) is 0 Å². The Bertz CT molecular complexity index is 1070. The number of anilines is 1. The van der Waals surface area contributed by atoms with Gasteiger partial charge < -0.3 is 14.8 Å². The molecule has 1 aliphatic rings. The van der Waals surface area contributed by atoms with E-state index < -0.39 is 29.2 Å². The SMILES string of the molecule is CCOC(=O)C1=C(COC(C)=O)Nc2c(c(=O)[nH]n2C)C1c1ccc(F)c(Br)c1. The van der Waals surface area contributed by atoms with Gasteiger partial charge in [-0.15, -0.1) is 0 Å². The number of aromatic amines is 1. The summed E-state index contributed by atoms with van der Waals surface area (Å²) in [5.41, 5.74) is 0.775. The fourth-order valence-corrected chi connectivity index (χ4v) is 3.66. The van der Waals surface area contributed by atoms with Crippen LogP contribution in [0.5, 0.6) is 0 Å². The van der Waals surface area contributed by atoms with Gasteiger partial charge >= 0.3 is 11.9 Å². The lowest BCUT2D eigenvalue weighted by atomic mass is 9.82. The maximum atomic E-state index is 13.8. The highest BCUT2D eigenvalue weighted by Crippen LogP contribution is 2.41. The molecule has 2 N–H and O–H groups in total. The normalized spacial score (nSPS) is 15.6. The summed E-state index contributed by atoms with van der Waals surface area (Å²) in [5.74, 6) is -2.11. The van der Waals surface area contributed by atoms with Crippen LogP contribution in [0.2, 0.25) is 0 Å². The van der Waals surface area contributed by atoms with Gasteiger partial charge in [-0.25, -0.2) is 9.18 Å². The Morgan fingerprint density at radius 1 is 1.31 bits per heavy atom. The van der Waals surface area contributed by atoms with E-state index in [9.17, 15) is 18.8 Å². The van der Waals surface area contributed by atoms with Gasteiger partial charge in [0.25, 0.3) is 5.56 Å². The summed E-state index contributed by atoms with van der Waals surface area (Å²) in [6, 6.07) is 4.24. The lowest BCUT2D eigenvalue weighted by Gasteiger charge is -2.28. The first-order valence-electron chi connectivity index (χ1n) is 8.79. The number of aryl methyl sites for hydroxylation is 1. The van der Waals surface area contributed by atoms with Gasteiger partial charge in [0.2, 0.25) is 0 Å². The number of carbonyl (C=O) groups excluding carboxylic acids is 2. The average Bonchev–Trinajstić information content (AvgIpc) is 2.95. The van der Waals surface area contributed by atoms with Gasteiger partial charge in [0.05, 0.1) is 33.8 Å². The highest BCUT2D eigenvalue weighted by molar-refractivity contribution is 9.10. The van der Waals surface area contributed by atoms with Crippen LogP contribution in [0, 0.1) is 5.82 Å². The van der Waals surface area contributed by atoms with E-state index in [1.165, 1.54) is 29.8 Å². The lowest BCUT2D eigenvalue weighted by molar-refractivity contribution is -0.141. The first kappa shape index (κ1) is 20.8. The number of aromatic nitrogens is 2. The van der Waals surface area contributed by atoms with Crippen LogP contribution in [0.25, 0.3) is 0 Å². The molecule has 10 heteroatoms. The third-order valence-electron chi connectivity index (χ3n) is 4.47. The number of H-pyrrole nitrogens is 1. The van der Waals surface area contributed by atoms with Crippen LogP contribution < -0.4 is 10.9 Å². The number of hydrogen-bond acceptors (Lipinski definition) is 6. The molecule has 0 aliphatic carbocycles. The summed E-state index contributed by atoms with van der Waals surface area (Å²) in [5, 5.41) is 5.65. The van der Waals surface area contributed by atoms with Crippen molar-refractivity contribution < 1.29 is 23.5 Å². The molecular formula is C19H19BrFN3O5. The molecule has 0 spiro atoms. The average molecular weight is 468 g/mol. The smallest absolute Gasteiger partial charge is 0.336 e. The molecule has 8 nitrogen and oxygen atoms in total. The first-order valence-corrected chi connectivity index (χ1v) is 9.58. The fraction of sp³-hybridized carbons (Fsp3) is 0.316. The van der Waals surface area contributed by atoms with E-state index in [-0.39, 0.29) is 34.5 Å². The molecule has 1 aromatic carbocycles. The second-order valence-electron chi connectivity index (χ2n) is 6.39. The minimum atomic E-state index is -0.849. The Kier molecular flexibility index (Phi) is 5.92. The summed E-state index contributed by atoms with van der Waals surface area (Å²) in [4.78, 5) is 36.8. The first-order chi connectivity index (χ1) is 13.7. The number of carbonyl (C=O) groups is 2. The van der Waals surface area contributed by atoms with Gasteiger partial charge in [0, 0.05) is 14.0 Å². The van der Waals surface area contributed by atoms with E-state index in [0.717, 1.165) is 0 Å². The molecule has 0 amide bonds. The third-order valence-corrected chi connectivity index (χ3v) is 5.08. The summed E-state index contributed by atoms with van der Waals surface area (Å²) in [6.45, 7) is 2.80. The predicted octanol–water partition coefficient (Wildman–Crippen LogP) is 2.55. The minimum Gasteiger partial charge on any atom is -0.463 e. The monoisotopic (exact) mass is 467 g/mol. The molecule has 1 aromatic heterocycles. The van der Waals surface area contributed by atoms with Crippen LogP contribution in [0.15, 0.2) is 38.7 Å².